The molecule has 1 atom stereocenters. The van der Waals surface area contributed by atoms with E-state index in [9.17, 15) is 4.39 Å². The molecule has 2 aromatic rings. The largest absolute Gasteiger partial charge is 0.378 e. The highest BCUT2D eigenvalue weighted by Crippen LogP contribution is 2.23. The average Bonchev–Trinajstić information content (AvgIpc) is 2.33. The van der Waals surface area contributed by atoms with Crippen LogP contribution in [0, 0.1) is 12.7 Å². The van der Waals surface area contributed by atoms with E-state index in [1.807, 2.05) is 19.1 Å². The second-order valence-corrected chi connectivity index (χ2v) is 5.29. The number of hydrogen-bond donors (Lipinski definition) is 1. The van der Waals surface area contributed by atoms with Gasteiger partial charge in [0.2, 0.25) is 0 Å². The lowest BCUT2D eigenvalue weighted by Gasteiger charge is -2.17. The van der Waals surface area contributed by atoms with Gasteiger partial charge in [0.05, 0.1) is 0 Å². The maximum atomic E-state index is 13.0. The number of rotatable bonds is 3. The van der Waals surface area contributed by atoms with Gasteiger partial charge in [0, 0.05) is 16.2 Å². The standard InChI is InChI=1S/C15H15BrFN/c1-10-9-14(17)7-8-15(10)18-11(2)12-3-5-13(16)6-4-12/h3-9,11,18H,1-2H3. The molecule has 0 aromatic heterocycles. The van der Waals surface area contributed by atoms with Crippen LogP contribution in [0.25, 0.3) is 0 Å². The highest BCUT2D eigenvalue weighted by Gasteiger charge is 2.07. The lowest BCUT2D eigenvalue weighted by Crippen LogP contribution is -2.07. The van der Waals surface area contributed by atoms with Gasteiger partial charge in [-0.1, -0.05) is 28.1 Å². The fourth-order valence-corrected chi connectivity index (χ4v) is 2.12. The highest BCUT2D eigenvalue weighted by molar-refractivity contribution is 9.10. The minimum Gasteiger partial charge on any atom is -0.378 e. The summed E-state index contributed by atoms with van der Waals surface area (Å²) in [6.45, 7) is 3.99. The number of anilines is 1. The van der Waals surface area contributed by atoms with Crippen molar-refractivity contribution in [2.45, 2.75) is 19.9 Å². The lowest BCUT2D eigenvalue weighted by molar-refractivity contribution is 0.626. The smallest absolute Gasteiger partial charge is 0.123 e. The molecule has 1 nitrogen and oxygen atoms in total. The molecule has 0 radical (unpaired) electrons. The number of benzene rings is 2. The van der Waals surface area contributed by atoms with E-state index >= 15 is 0 Å². The monoisotopic (exact) mass is 307 g/mol. The van der Waals surface area contributed by atoms with Crippen LogP contribution in [0.2, 0.25) is 0 Å². The van der Waals surface area contributed by atoms with Gasteiger partial charge in [-0.2, -0.15) is 0 Å². The molecular weight excluding hydrogens is 293 g/mol. The van der Waals surface area contributed by atoms with Crippen molar-refractivity contribution < 1.29 is 4.39 Å². The van der Waals surface area contributed by atoms with Gasteiger partial charge < -0.3 is 5.32 Å². The van der Waals surface area contributed by atoms with E-state index in [1.54, 1.807) is 6.07 Å². The first-order valence-electron chi connectivity index (χ1n) is 5.84. The first kappa shape index (κ1) is 13.1. The molecule has 2 rings (SSSR count). The van der Waals surface area contributed by atoms with Crippen molar-refractivity contribution in [1.29, 1.82) is 0 Å². The van der Waals surface area contributed by atoms with Crippen LogP contribution in [-0.2, 0) is 0 Å². The molecule has 1 N–H and O–H groups in total. The van der Waals surface area contributed by atoms with E-state index in [-0.39, 0.29) is 11.9 Å². The van der Waals surface area contributed by atoms with Gasteiger partial charge in [0.15, 0.2) is 0 Å². The second kappa shape index (κ2) is 5.53. The van der Waals surface area contributed by atoms with Crippen molar-refractivity contribution in [3.8, 4) is 0 Å². The van der Waals surface area contributed by atoms with Crippen molar-refractivity contribution in [2.75, 3.05) is 5.32 Å². The van der Waals surface area contributed by atoms with Crippen molar-refractivity contribution in [1.82, 2.24) is 0 Å². The fourth-order valence-electron chi connectivity index (χ4n) is 1.86. The first-order chi connectivity index (χ1) is 8.56. The Balaban J connectivity index is 2.15. The predicted octanol–water partition coefficient (Wildman–Crippen LogP) is 5.07. The van der Waals surface area contributed by atoms with Gasteiger partial charge in [0.25, 0.3) is 0 Å². The van der Waals surface area contributed by atoms with Gasteiger partial charge in [-0.25, -0.2) is 4.39 Å². The van der Waals surface area contributed by atoms with Crippen LogP contribution in [0.3, 0.4) is 0 Å². The minimum absolute atomic E-state index is 0.183. The lowest BCUT2D eigenvalue weighted by atomic mass is 10.1. The zero-order chi connectivity index (χ0) is 13.1. The zero-order valence-corrected chi connectivity index (χ0v) is 12.0. The van der Waals surface area contributed by atoms with Crippen LogP contribution in [0.1, 0.15) is 24.1 Å². The molecule has 0 aliphatic heterocycles. The Labute approximate surface area is 115 Å². The molecule has 0 amide bonds. The van der Waals surface area contributed by atoms with E-state index in [2.05, 4.69) is 40.3 Å². The summed E-state index contributed by atoms with van der Waals surface area (Å²) < 4.78 is 14.1. The highest BCUT2D eigenvalue weighted by atomic mass is 79.9. The molecule has 1 unspecified atom stereocenters. The first-order valence-corrected chi connectivity index (χ1v) is 6.64. The Morgan fingerprint density at radius 3 is 2.39 bits per heavy atom. The van der Waals surface area contributed by atoms with Crippen LogP contribution in [0.4, 0.5) is 10.1 Å². The Hall–Kier alpha value is -1.35. The average molecular weight is 308 g/mol. The number of nitrogens with one attached hydrogen (secondary N) is 1. The summed E-state index contributed by atoms with van der Waals surface area (Å²) in [6, 6.07) is 13.2. The SMILES string of the molecule is Cc1cc(F)ccc1NC(C)c1ccc(Br)cc1. The number of halogens is 2. The van der Waals surface area contributed by atoms with Gasteiger partial charge >= 0.3 is 0 Å². The molecule has 0 saturated carbocycles. The van der Waals surface area contributed by atoms with Crippen molar-refractivity contribution in [3.63, 3.8) is 0 Å². The van der Waals surface area contributed by atoms with E-state index in [4.69, 9.17) is 0 Å². The van der Waals surface area contributed by atoms with Crippen molar-refractivity contribution >= 4 is 21.6 Å². The van der Waals surface area contributed by atoms with Gasteiger partial charge in [-0.3, -0.25) is 0 Å². The van der Waals surface area contributed by atoms with E-state index in [1.165, 1.54) is 17.7 Å². The molecule has 0 heterocycles. The molecule has 94 valence electrons. The molecule has 18 heavy (non-hydrogen) atoms. The number of hydrogen-bond acceptors (Lipinski definition) is 1. The van der Waals surface area contributed by atoms with Gasteiger partial charge in [-0.05, 0) is 55.3 Å². The van der Waals surface area contributed by atoms with Crippen LogP contribution in [-0.4, -0.2) is 0 Å². The molecule has 0 aliphatic rings. The van der Waals surface area contributed by atoms with Crippen molar-refractivity contribution in [3.05, 3.63) is 63.9 Å². The van der Waals surface area contributed by atoms with Crippen LogP contribution < -0.4 is 5.32 Å². The van der Waals surface area contributed by atoms with E-state index in [0.29, 0.717) is 0 Å². The summed E-state index contributed by atoms with van der Waals surface area (Å²) in [5.41, 5.74) is 3.08. The Kier molecular flexibility index (Phi) is 4.02. The molecule has 0 spiro atoms. The second-order valence-electron chi connectivity index (χ2n) is 4.38. The normalized spacial score (nSPS) is 12.2. The summed E-state index contributed by atoms with van der Waals surface area (Å²) in [6.07, 6.45) is 0. The zero-order valence-electron chi connectivity index (χ0n) is 10.4. The maximum absolute atomic E-state index is 13.0. The third-order valence-electron chi connectivity index (χ3n) is 2.93. The third kappa shape index (κ3) is 3.10. The summed E-state index contributed by atoms with van der Waals surface area (Å²) in [5.74, 6) is -0.200. The summed E-state index contributed by atoms with van der Waals surface area (Å²) in [4.78, 5) is 0. The Morgan fingerprint density at radius 2 is 1.78 bits per heavy atom. The number of aryl methyl sites for hydroxylation is 1. The molecule has 0 fully saturated rings. The summed E-state index contributed by atoms with van der Waals surface area (Å²) in [7, 11) is 0. The molecule has 0 saturated heterocycles. The van der Waals surface area contributed by atoms with E-state index in [0.717, 1.165) is 15.7 Å². The topological polar surface area (TPSA) is 12.0 Å². The Morgan fingerprint density at radius 1 is 1.11 bits per heavy atom. The maximum Gasteiger partial charge on any atom is 0.123 e. The fraction of sp³-hybridized carbons (Fsp3) is 0.200. The van der Waals surface area contributed by atoms with E-state index < -0.39 is 0 Å². The minimum atomic E-state index is -0.200. The molecular formula is C15H15BrFN. The van der Waals surface area contributed by atoms with Gasteiger partial charge in [-0.15, -0.1) is 0 Å². The Bertz CT molecular complexity index is 537. The quantitative estimate of drug-likeness (QED) is 0.834. The summed E-state index contributed by atoms with van der Waals surface area (Å²) >= 11 is 3.42. The molecule has 0 bridgehead atoms. The third-order valence-corrected chi connectivity index (χ3v) is 3.46. The summed E-state index contributed by atoms with van der Waals surface area (Å²) in [5, 5.41) is 3.39. The van der Waals surface area contributed by atoms with Crippen LogP contribution in [0.15, 0.2) is 46.9 Å². The molecule has 2 aromatic carbocycles. The predicted molar refractivity (Wildman–Crippen MR) is 77.3 cm³/mol. The molecule has 0 aliphatic carbocycles. The van der Waals surface area contributed by atoms with Crippen LogP contribution in [0.5, 0.6) is 0 Å². The molecule has 3 heteroatoms. The van der Waals surface area contributed by atoms with Gasteiger partial charge in [0.1, 0.15) is 5.82 Å². The van der Waals surface area contributed by atoms with Crippen LogP contribution >= 0.6 is 15.9 Å². The van der Waals surface area contributed by atoms with Crippen molar-refractivity contribution in [2.24, 2.45) is 0 Å².